The van der Waals surface area contributed by atoms with Crippen LogP contribution in [0.4, 0.5) is 5.69 Å². The van der Waals surface area contributed by atoms with Gasteiger partial charge in [0.25, 0.3) is 0 Å². The van der Waals surface area contributed by atoms with Crippen molar-refractivity contribution in [1.82, 2.24) is 15.0 Å². The molecule has 3 heterocycles. The summed E-state index contributed by atoms with van der Waals surface area (Å²) < 4.78 is 1.21. The molecule has 0 amide bonds. The normalized spacial score (nSPS) is 11.0. The minimum Gasteiger partial charge on any atom is -0.387 e. The van der Waals surface area contributed by atoms with Crippen LogP contribution in [0.15, 0.2) is 28.9 Å². The van der Waals surface area contributed by atoms with Crippen LogP contribution in [-0.4, -0.2) is 28.3 Å². The van der Waals surface area contributed by atoms with Crippen molar-refractivity contribution in [3.05, 3.63) is 24.7 Å². The minimum atomic E-state index is 0.893. The number of rotatable bonds is 3. The average molecular weight is 276 g/mol. The van der Waals surface area contributed by atoms with E-state index in [4.69, 9.17) is 0 Å². The Labute approximate surface area is 113 Å². The van der Waals surface area contributed by atoms with Crippen molar-refractivity contribution in [1.29, 1.82) is 0 Å². The molecule has 3 aromatic rings. The maximum Gasteiger partial charge on any atom is 0.139 e. The highest BCUT2D eigenvalue weighted by Crippen LogP contribution is 2.36. The third kappa shape index (κ3) is 1.77. The van der Waals surface area contributed by atoms with Crippen molar-refractivity contribution in [2.24, 2.45) is 0 Å². The molecule has 3 aromatic heterocycles. The molecule has 0 unspecified atom stereocenters. The largest absolute Gasteiger partial charge is 0.387 e. The first-order chi connectivity index (χ1) is 8.83. The number of nitrogens with one attached hydrogen (secondary N) is 2. The van der Waals surface area contributed by atoms with Gasteiger partial charge >= 0.3 is 0 Å². The molecule has 0 aromatic carbocycles. The van der Waals surface area contributed by atoms with Gasteiger partial charge in [-0.1, -0.05) is 0 Å². The van der Waals surface area contributed by atoms with Gasteiger partial charge in [0.2, 0.25) is 0 Å². The summed E-state index contributed by atoms with van der Waals surface area (Å²) >= 11 is 3.40. The third-order valence-electron chi connectivity index (χ3n) is 2.75. The Kier molecular flexibility index (Phi) is 2.97. The lowest BCUT2D eigenvalue weighted by molar-refractivity contribution is 1.31. The maximum absolute atomic E-state index is 4.46. The number of fused-ring (bicyclic) bond motifs is 1. The van der Waals surface area contributed by atoms with Crippen LogP contribution in [0.3, 0.4) is 0 Å². The zero-order valence-corrected chi connectivity index (χ0v) is 11.7. The molecule has 92 valence electrons. The lowest BCUT2D eigenvalue weighted by atomic mass is 10.2. The number of nitrogens with zero attached hydrogens (tertiary/aromatic N) is 2. The highest BCUT2D eigenvalue weighted by Gasteiger charge is 2.13. The second-order valence-electron chi connectivity index (χ2n) is 3.73. The SMILES string of the molecule is CNc1c(-c2ncc(SC)s2)cnc2[nH]ccc12. The van der Waals surface area contributed by atoms with Crippen LogP contribution in [0.25, 0.3) is 21.6 Å². The van der Waals surface area contributed by atoms with E-state index in [-0.39, 0.29) is 0 Å². The summed E-state index contributed by atoms with van der Waals surface area (Å²) in [6.45, 7) is 0. The Morgan fingerprint density at radius 3 is 2.94 bits per heavy atom. The van der Waals surface area contributed by atoms with Gasteiger partial charge in [-0.05, 0) is 12.3 Å². The van der Waals surface area contributed by atoms with Gasteiger partial charge < -0.3 is 10.3 Å². The molecule has 0 atom stereocenters. The second-order valence-corrected chi connectivity index (χ2v) is 5.86. The molecular formula is C12H12N4S2. The minimum absolute atomic E-state index is 0.893. The fourth-order valence-corrected chi connectivity index (χ4v) is 3.31. The average Bonchev–Trinajstić information content (AvgIpc) is 3.05. The zero-order chi connectivity index (χ0) is 12.5. The molecule has 0 aliphatic carbocycles. The summed E-state index contributed by atoms with van der Waals surface area (Å²) in [7, 11) is 1.92. The van der Waals surface area contributed by atoms with E-state index in [1.165, 1.54) is 4.21 Å². The maximum atomic E-state index is 4.46. The van der Waals surface area contributed by atoms with Crippen molar-refractivity contribution >= 4 is 39.8 Å². The lowest BCUT2D eigenvalue weighted by Gasteiger charge is -2.07. The summed E-state index contributed by atoms with van der Waals surface area (Å²) in [5.41, 5.74) is 3.02. The van der Waals surface area contributed by atoms with E-state index in [0.717, 1.165) is 27.3 Å². The first-order valence-corrected chi connectivity index (χ1v) is 7.51. The van der Waals surface area contributed by atoms with E-state index < -0.39 is 0 Å². The van der Waals surface area contributed by atoms with Gasteiger partial charge in [-0.2, -0.15) is 0 Å². The summed E-state index contributed by atoms with van der Waals surface area (Å²) in [4.78, 5) is 12.0. The molecule has 0 aliphatic rings. The Bertz CT molecular complexity index is 686. The number of pyridine rings is 1. The molecule has 0 saturated heterocycles. The van der Waals surface area contributed by atoms with Crippen LogP contribution in [0.1, 0.15) is 0 Å². The van der Waals surface area contributed by atoms with Gasteiger partial charge in [0, 0.05) is 24.8 Å². The van der Waals surface area contributed by atoms with E-state index in [9.17, 15) is 0 Å². The smallest absolute Gasteiger partial charge is 0.139 e. The monoisotopic (exact) mass is 276 g/mol. The predicted octanol–water partition coefficient (Wildman–Crippen LogP) is 3.45. The molecule has 0 saturated carbocycles. The van der Waals surface area contributed by atoms with Gasteiger partial charge in [0.05, 0.1) is 21.7 Å². The summed E-state index contributed by atoms with van der Waals surface area (Å²) in [6.07, 6.45) is 7.74. The van der Waals surface area contributed by atoms with Crippen LogP contribution in [0.2, 0.25) is 0 Å². The number of hydrogen-bond donors (Lipinski definition) is 2. The fourth-order valence-electron chi connectivity index (χ4n) is 1.92. The first kappa shape index (κ1) is 11.6. The highest BCUT2D eigenvalue weighted by molar-refractivity contribution is 8.00. The standard InChI is InChI=1S/C12H12N4S2/c1-13-10-7-3-4-14-11(7)15-5-8(10)12-16-6-9(17-2)18-12/h3-6H,1-2H3,(H2,13,14,15). The Balaban J connectivity index is 2.21. The van der Waals surface area contributed by atoms with Gasteiger partial charge in [-0.15, -0.1) is 23.1 Å². The second kappa shape index (κ2) is 4.62. The van der Waals surface area contributed by atoms with Crippen LogP contribution in [-0.2, 0) is 0 Å². The van der Waals surface area contributed by atoms with E-state index in [1.54, 1.807) is 23.1 Å². The molecule has 0 spiro atoms. The van der Waals surface area contributed by atoms with Crippen LogP contribution >= 0.6 is 23.1 Å². The molecule has 0 radical (unpaired) electrons. The van der Waals surface area contributed by atoms with Gasteiger partial charge in [0.1, 0.15) is 10.7 Å². The predicted molar refractivity (Wildman–Crippen MR) is 78.5 cm³/mol. The van der Waals surface area contributed by atoms with Crippen molar-refractivity contribution < 1.29 is 0 Å². The van der Waals surface area contributed by atoms with E-state index >= 15 is 0 Å². The van der Waals surface area contributed by atoms with Crippen molar-refractivity contribution in [3.8, 4) is 10.6 Å². The molecule has 0 aliphatic heterocycles. The molecule has 0 bridgehead atoms. The number of aromatic amines is 1. The summed E-state index contributed by atoms with van der Waals surface area (Å²) in [5, 5.41) is 5.34. The topological polar surface area (TPSA) is 53.6 Å². The number of H-pyrrole nitrogens is 1. The Morgan fingerprint density at radius 2 is 2.22 bits per heavy atom. The van der Waals surface area contributed by atoms with E-state index in [1.807, 2.05) is 31.7 Å². The quantitative estimate of drug-likeness (QED) is 0.719. The Morgan fingerprint density at radius 1 is 1.33 bits per heavy atom. The van der Waals surface area contributed by atoms with Gasteiger partial charge in [-0.3, -0.25) is 0 Å². The molecule has 6 heteroatoms. The van der Waals surface area contributed by atoms with Crippen LogP contribution < -0.4 is 5.32 Å². The molecule has 4 nitrogen and oxygen atoms in total. The van der Waals surface area contributed by atoms with E-state index in [0.29, 0.717) is 0 Å². The zero-order valence-electron chi connectivity index (χ0n) is 10.0. The van der Waals surface area contributed by atoms with Crippen LogP contribution in [0.5, 0.6) is 0 Å². The molecule has 3 rings (SSSR count). The highest BCUT2D eigenvalue weighted by atomic mass is 32.2. The van der Waals surface area contributed by atoms with Crippen molar-refractivity contribution in [3.63, 3.8) is 0 Å². The molecular weight excluding hydrogens is 264 g/mol. The number of aromatic nitrogens is 3. The number of hydrogen-bond acceptors (Lipinski definition) is 5. The first-order valence-electron chi connectivity index (χ1n) is 5.47. The summed E-state index contributed by atoms with van der Waals surface area (Å²) in [5.74, 6) is 0. The summed E-state index contributed by atoms with van der Waals surface area (Å²) in [6, 6.07) is 2.03. The van der Waals surface area contributed by atoms with Crippen molar-refractivity contribution in [2.45, 2.75) is 4.21 Å². The number of thiazole rings is 1. The van der Waals surface area contributed by atoms with Gasteiger partial charge in [0.15, 0.2) is 0 Å². The van der Waals surface area contributed by atoms with E-state index in [2.05, 4.69) is 26.5 Å². The van der Waals surface area contributed by atoms with Gasteiger partial charge in [-0.25, -0.2) is 9.97 Å². The molecule has 18 heavy (non-hydrogen) atoms. The van der Waals surface area contributed by atoms with Crippen molar-refractivity contribution in [2.75, 3.05) is 18.6 Å². The third-order valence-corrected chi connectivity index (χ3v) is 4.84. The Hall–Kier alpha value is -1.53. The number of thioether (sulfide) groups is 1. The lowest BCUT2D eigenvalue weighted by Crippen LogP contribution is -1.94. The van der Waals surface area contributed by atoms with Crippen LogP contribution in [0, 0.1) is 0 Å². The fraction of sp³-hybridized carbons (Fsp3) is 0.167. The number of anilines is 1. The molecule has 0 fully saturated rings. The molecule has 2 N–H and O–H groups in total.